The summed E-state index contributed by atoms with van der Waals surface area (Å²) in [6.07, 6.45) is 5.28. The van der Waals surface area contributed by atoms with E-state index < -0.39 is 5.60 Å². The minimum atomic E-state index is -0.787. The smallest absolute Gasteiger partial charge is 0.0955 e. The van der Waals surface area contributed by atoms with Crippen molar-refractivity contribution in [1.82, 2.24) is 15.0 Å². The molecule has 1 atom stereocenters. The van der Waals surface area contributed by atoms with Crippen molar-refractivity contribution in [3.05, 3.63) is 47.3 Å². The molecule has 4 nitrogen and oxygen atoms in total. The molecule has 0 radical (unpaired) electrons. The zero-order valence-electron chi connectivity index (χ0n) is 10.5. The lowest BCUT2D eigenvalue weighted by Crippen LogP contribution is -2.33. The van der Waals surface area contributed by atoms with Crippen LogP contribution in [0.5, 0.6) is 0 Å². The van der Waals surface area contributed by atoms with Gasteiger partial charge in [0.05, 0.1) is 11.3 Å². The zero-order valence-corrected chi connectivity index (χ0v) is 10.5. The Balaban J connectivity index is 1.95. The van der Waals surface area contributed by atoms with Gasteiger partial charge in [0.15, 0.2) is 0 Å². The van der Waals surface area contributed by atoms with Gasteiger partial charge in [-0.3, -0.25) is 4.68 Å². The van der Waals surface area contributed by atoms with Crippen molar-refractivity contribution >= 4 is 0 Å². The predicted molar refractivity (Wildman–Crippen MR) is 68.0 cm³/mol. The molecular weight excluding hydrogens is 226 g/mol. The first-order valence-corrected chi connectivity index (χ1v) is 6.33. The van der Waals surface area contributed by atoms with Gasteiger partial charge in [-0.05, 0) is 30.4 Å². The van der Waals surface area contributed by atoms with Crippen LogP contribution in [0.3, 0.4) is 0 Å². The van der Waals surface area contributed by atoms with E-state index in [-0.39, 0.29) is 0 Å². The highest BCUT2D eigenvalue weighted by Gasteiger charge is 2.34. The van der Waals surface area contributed by atoms with Gasteiger partial charge in [-0.2, -0.15) is 0 Å². The highest BCUT2D eigenvalue weighted by Crippen LogP contribution is 2.37. The van der Waals surface area contributed by atoms with E-state index in [1.54, 1.807) is 4.68 Å². The van der Waals surface area contributed by atoms with Crippen molar-refractivity contribution in [2.45, 2.75) is 31.3 Å². The largest absolute Gasteiger partial charge is 0.385 e. The Bertz CT molecular complexity index is 564. The molecule has 0 saturated carbocycles. The molecule has 0 amide bonds. The van der Waals surface area contributed by atoms with Crippen LogP contribution in [0.15, 0.2) is 30.5 Å². The quantitative estimate of drug-likeness (QED) is 0.871. The summed E-state index contributed by atoms with van der Waals surface area (Å²) in [6.45, 7) is 0. The fraction of sp³-hybridized carbons (Fsp3) is 0.429. The van der Waals surface area contributed by atoms with Gasteiger partial charge in [-0.1, -0.05) is 29.5 Å². The number of hydrogen-bond donors (Lipinski definition) is 1. The minimum absolute atomic E-state index is 0.540. The third kappa shape index (κ3) is 1.93. The Labute approximate surface area is 106 Å². The van der Waals surface area contributed by atoms with E-state index in [9.17, 15) is 5.11 Å². The Morgan fingerprint density at radius 3 is 3.00 bits per heavy atom. The molecule has 1 heterocycles. The molecule has 1 aliphatic carbocycles. The Morgan fingerprint density at radius 2 is 2.22 bits per heavy atom. The average molecular weight is 243 g/mol. The molecule has 4 heteroatoms. The van der Waals surface area contributed by atoms with Gasteiger partial charge in [-0.25, -0.2) is 0 Å². The SMILES string of the molecule is Cn1cc(CC2(O)CCCc3ccccc32)nn1. The van der Waals surface area contributed by atoms with Crippen molar-refractivity contribution in [1.29, 1.82) is 0 Å². The van der Waals surface area contributed by atoms with Crippen molar-refractivity contribution in [3.8, 4) is 0 Å². The molecule has 1 aromatic heterocycles. The molecule has 1 aliphatic rings. The van der Waals surface area contributed by atoms with Crippen LogP contribution in [0.2, 0.25) is 0 Å². The lowest BCUT2D eigenvalue weighted by Gasteiger charge is -2.34. The predicted octanol–water partition coefficient (Wildman–Crippen LogP) is 1.58. The number of fused-ring (bicyclic) bond motifs is 1. The maximum Gasteiger partial charge on any atom is 0.0955 e. The first-order chi connectivity index (χ1) is 8.67. The third-order valence-electron chi connectivity index (χ3n) is 3.68. The number of rotatable bonds is 2. The van der Waals surface area contributed by atoms with Gasteiger partial charge in [0.2, 0.25) is 0 Å². The van der Waals surface area contributed by atoms with Crippen molar-refractivity contribution < 1.29 is 5.11 Å². The first-order valence-electron chi connectivity index (χ1n) is 6.33. The number of hydrogen-bond acceptors (Lipinski definition) is 3. The molecule has 0 bridgehead atoms. The summed E-state index contributed by atoms with van der Waals surface area (Å²) in [6, 6.07) is 8.17. The van der Waals surface area contributed by atoms with Gasteiger partial charge in [-0.15, -0.1) is 5.10 Å². The molecule has 3 rings (SSSR count). The van der Waals surface area contributed by atoms with Crippen LogP contribution in [-0.2, 0) is 25.5 Å². The van der Waals surface area contributed by atoms with Crippen LogP contribution in [0.4, 0.5) is 0 Å². The minimum Gasteiger partial charge on any atom is -0.385 e. The Morgan fingerprint density at radius 1 is 1.39 bits per heavy atom. The standard InChI is InChI=1S/C14H17N3O/c1-17-10-12(15-16-17)9-14(18)8-4-6-11-5-2-3-7-13(11)14/h2-3,5,7,10,18H,4,6,8-9H2,1H3. The summed E-state index contributed by atoms with van der Waals surface area (Å²) >= 11 is 0. The van der Waals surface area contributed by atoms with Gasteiger partial charge >= 0.3 is 0 Å². The molecule has 0 fully saturated rings. The first kappa shape index (κ1) is 11.4. The zero-order chi connectivity index (χ0) is 12.6. The summed E-state index contributed by atoms with van der Waals surface area (Å²) in [5.74, 6) is 0. The Kier molecular flexibility index (Phi) is 2.67. The Hall–Kier alpha value is -1.68. The summed E-state index contributed by atoms with van der Waals surface area (Å²) in [5.41, 5.74) is 2.37. The van der Waals surface area contributed by atoms with Gasteiger partial charge in [0.25, 0.3) is 0 Å². The summed E-state index contributed by atoms with van der Waals surface area (Å²) in [7, 11) is 1.84. The lowest BCUT2D eigenvalue weighted by atomic mass is 9.77. The molecular formula is C14H17N3O. The summed E-state index contributed by atoms with van der Waals surface area (Å²) < 4.78 is 1.67. The van der Waals surface area contributed by atoms with Crippen LogP contribution in [0, 0.1) is 0 Å². The second-order valence-corrected chi connectivity index (χ2v) is 5.10. The van der Waals surface area contributed by atoms with Crippen molar-refractivity contribution in [3.63, 3.8) is 0 Å². The third-order valence-corrected chi connectivity index (χ3v) is 3.68. The van der Waals surface area contributed by atoms with E-state index in [4.69, 9.17) is 0 Å². The molecule has 1 N–H and O–H groups in total. The molecule has 0 saturated heterocycles. The van der Waals surface area contributed by atoms with Crippen LogP contribution in [0.25, 0.3) is 0 Å². The van der Waals surface area contributed by atoms with Crippen molar-refractivity contribution in [2.75, 3.05) is 0 Å². The fourth-order valence-electron chi connectivity index (χ4n) is 2.86. The summed E-state index contributed by atoms with van der Waals surface area (Å²) in [4.78, 5) is 0. The van der Waals surface area contributed by atoms with Crippen molar-refractivity contribution in [2.24, 2.45) is 7.05 Å². The van der Waals surface area contributed by atoms with Crippen LogP contribution in [0.1, 0.15) is 29.7 Å². The highest BCUT2D eigenvalue weighted by molar-refractivity contribution is 5.35. The van der Waals surface area contributed by atoms with Gasteiger partial charge < -0.3 is 5.11 Å². The summed E-state index contributed by atoms with van der Waals surface area (Å²) in [5, 5.41) is 18.9. The van der Waals surface area contributed by atoms with E-state index in [0.29, 0.717) is 6.42 Å². The molecule has 2 aromatic rings. The number of aryl methyl sites for hydroxylation is 2. The average Bonchev–Trinajstić information content (AvgIpc) is 2.75. The highest BCUT2D eigenvalue weighted by atomic mass is 16.3. The fourth-order valence-corrected chi connectivity index (χ4v) is 2.86. The van der Waals surface area contributed by atoms with Crippen LogP contribution in [-0.4, -0.2) is 20.1 Å². The van der Waals surface area contributed by atoms with Gasteiger partial charge in [0.1, 0.15) is 0 Å². The monoisotopic (exact) mass is 243 g/mol. The molecule has 0 aliphatic heterocycles. The second kappa shape index (κ2) is 4.21. The maximum atomic E-state index is 10.9. The van der Waals surface area contributed by atoms with Crippen LogP contribution >= 0.6 is 0 Å². The van der Waals surface area contributed by atoms with Gasteiger partial charge in [0, 0.05) is 19.7 Å². The number of aliphatic hydroxyl groups is 1. The molecule has 1 aromatic carbocycles. The topological polar surface area (TPSA) is 50.9 Å². The maximum absolute atomic E-state index is 10.9. The second-order valence-electron chi connectivity index (χ2n) is 5.10. The lowest BCUT2D eigenvalue weighted by molar-refractivity contribution is 0.0181. The number of aromatic nitrogens is 3. The van der Waals surface area contributed by atoms with E-state index in [2.05, 4.69) is 16.4 Å². The normalized spacial score (nSPS) is 22.8. The van der Waals surface area contributed by atoms with E-state index in [0.717, 1.165) is 30.5 Å². The van der Waals surface area contributed by atoms with Crippen LogP contribution < -0.4 is 0 Å². The van der Waals surface area contributed by atoms with E-state index in [1.165, 1.54) is 5.56 Å². The molecule has 94 valence electrons. The molecule has 1 unspecified atom stereocenters. The van der Waals surface area contributed by atoms with E-state index in [1.807, 2.05) is 31.4 Å². The molecule has 0 spiro atoms. The molecule has 18 heavy (non-hydrogen) atoms. The number of nitrogens with zero attached hydrogens (tertiary/aromatic N) is 3. The van der Waals surface area contributed by atoms with E-state index >= 15 is 0 Å². The number of benzene rings is 1.